The van der Waals surface area contributed by atoms with E-state index < -0.39 is 0 Å². The molecule has 0 fully saturated rings. The van der Waals surface area contributed by atoms with E-state index in [1.54, 1.807) is 6.20 Å². The van der Waals surface area contributed by atoms with Crippen LogP contribution in [0.3, 0.4) is 0 Å². The summed E-state index contributed by atoms with van der Waals surface area (Å²) in [5, 5.41) is 10.0. The Morgan fingerprint density at radius 2 is 2.07 bits per heavy atom. The third-order valence-electron chi connectivity index (χ3n) is 1.91. The molecule has 3 nitrogen and oxygen atoms in total. The quantitative estimate of drug-likeness (QED) is 0.801. The molecule has 0 aliphatic heterocycles. The minimum atomic E-state index is 0.0499. The van der Waals surface area contributed by atoms with E-state index in [1.807, 2.05) is 30.3 Å². The smallest absolute Gasteiger partial charge is 0.116 e. The number of aromatic nitrogens is 2. The second kappa shape index (κ2) is 4.91. The first-order valence-electron chi connectivity index (χ1n) is 4.53. The van der Waals surface area contributed by atoms with Crippen LogP contribution in [0, 0.1) is 0 Å². The highest BCUT2D eigenvalue weighted by atomic mass is 32.2. The summed E-state index contributed by atoms with van der Waals surface area (Å²) in [4.78, 5) is 9.00. The lowest BCUT2D eigenvalue weighted by Crippen LogP contribution is -1.87. The van der Waals surface area contributed by atoms with Gasteiger partial charge in [-0.2, -0.15) is 0 Å². The van der Waals surface area contributed by atoms with Crippen LogP contribution >= 0.6 is 11.8 Å². The van der Waals surface area contributed by atoms with Gasteiger partial charge in [0.25, 0.3) is 0 Å². The molecule has 0 atom stereocenters. The van der Waals surface area contributed by atoms with Crippen molar-refractivity contribution < 1.29 is 5.11 Å². The number of benzene rings is 1. The van der Waals surface area contributed by atoms with Crippen molar-refractivity contribution in [3.8, 4) is 0 Å². The van der Waals surface area contributed by atoms with Gasteiger partial charge in [0.15, 0.2) is 0 Å². The highest BCUT2D eigenvalue weighted by Gasteiger charge is 2.02. The van der Waals surface area contributed by atoms with Gasteiger partial charge in [-0.15, -0.1) is 0 Å². The Bertz CT molecular complexity index is 434. The zero-order chi connectivity index (χ0) is 10.5. The topological polar surface area (TPSA) is 46.0 Å². The Hall–Kier alpha value is -1.39. The highest BCUT2D eigenvalue weighted by Crippen LogP contribution is 2.28. The van der Waals surface area contributed by atoms with Crippen molar-refractivity contribution in [1.82, 2.24) is 9.97 Å². The van der Waals surface area contributed by atoms with Crippen LogP contribution in [-0.2, 0) is 6.61 Å². The normalized spacial score (nSPS) is 10.2. The molecule has 0 spiro atoms. The summed E-state index contributed by atoms with van der Waals surface area (Å²) in [6.07, 6.45) is 3.22. The van der Waals surface area contributed by atoms with Crippen molar-refractivity contribution in [3.63, 3.8) is 0 Å². The first-order valence-corrected chi connectivity index (χ1v) is 5.34. The molecule has 0 amide bonds. The molecule has 0 saturated carbocycles. The molecule has 1 aromatic heterocycles. The van der Waals surface area contributed by atoms with Gasteiger partial charge in [0.1, 0.15) is 11.4 Å². The summed E-state index contributed by atoms with van der Waals surface area (Å²) in [6, 6.07) is 9.58. The van der Waals surface area contributed by atoms with Gasteiger partial charge < -0.3 is 5.11 Å². The third kappa shape index (κ3) is 2.55. The van der Waals surface area contributed by atoms with E-state index in [-0.39, 0.29) is 6.61 Å². The average molecular weight is 218 g/mol. The summed E-state index contributed by atoms with van der Waals surface area (Å²) in [5.41, 5.74) is 0.918. The fourth-order valence-corrected chi connectivity index (χ4v) is 2.05. The molecule has 2 aromatic rings. The highest BCUT2D eigenvalue weighted by molar-refractivity contribution is 7.99. The van der Waals surface area contributed by atoms with Gasteiger partial charge in [0, 0.05) is 11.1 Å². The van der Waals surface area contributed by atoms with Crippen LogP contribution < -0.4 is 0 Å². The van der Waals surface area contributed by atoms with Crippen LogP contribution in [0.2, 0.25) is 0 Å². The van der Waals surface area contributed by atoms with Crippen molar-refractivity contribution in [1.29, 1.82) is 0 Å². The molecule has 1 N–H and O–H groups in total. The Morgan fingerprint density at radius 3 is 2.80 bits per heavy atom. The third-order valence-corrected chi connectivity index (χ3v) is 2.98. The van der Waals surface area contributed by atoms with Crippen molar-refractivity contribution in [3.05, 3.63) is 48.4 Å². The van der Waals surface area contributed by atoms with Crippen molar-refractivity contribution in [2.75, 3.05) is 0 Å². The molecule has 76 valence electrons. The molecule has 0 radical (unpaired) electrons. The van der Waals surface area contributed by atoms with E-state index in [1.165, 1.54) is 18.1 Å². The van der Waals surface area contributed by atoms with E-state index in [9.17, 15) is 0 Å². The summed E-state index contributed by atoms with van der Waals surface area (Å²) in [7, 11) is 0. The Morgan fingerprint density at radius 1 is 1.20 bits per heavy atom. The molecule has 0 unspecified atom stereocenters. The zero-order valence-corrected chi connectivity index (χ0v) is 8.81. The second-order valence-corrected chi connectivity index (χ2v) is 3.98. The van der Waals surface area contributed by atoms with E-state index in [0.29, 0.717) is 0 Å². The molecule has 4 heteroatoms. The van der Waals surface area contributed by atoms with E-state index in [0.717, 1.165) is 15.5 Å². The van der Waals surface area contributed by atoms with E-state index >= 15 is 0 Å². The van der Waals surface area contributed by atoms with Crippen molar-refractivity contribution >= 4 is 11.8 Å². The Balaban J connectivity index is 2.24. The first-order chi connectivity index (χ1) is 7.40. The summed E-state index contributed by atoms with van der Waals surface area (Å²) < 4.78 is 0. The lowest BCUT2D eigenvalue weighted by atomic mass is 10.2. The van der Waals surface area contributed by atoms with E-state index in [4.69, 9.17) is 5.11 Å². The van der Waals surface area contributed by atoms with E-state index in [2.05, 4.69) is 9.97 Å². The minimum Gasteiger partial charge on any atom is -0.392 e. The van der Waals surface area contributed by atoms with Crippen LogP contribution in [-0.4, -0.2) is 15.1 Å². The van der Waals surface area contributed by atoms with Crippen molar-refractivity contribution in [2.45, 2.75) is 16.5 Å². The van der Waals surface area contributed by atoms with Crippen molar-refractivity contribution in [2.24, 2.45) is 0 Å². The first kappa shape index (κ1) is 10.1. The van der Waals surface area contributed by atoms with Gasteiger partial charge in [0.2, 0.25) is 0 Å². The molecule has 1 aromatic carbocycles. The molecule has 15 heavy (non-hydrogen) atoms. The van der Waals surface area contributed by atoms with Gasteiger partial charge in [-0.3, -0.25) is 0 Å². The lowest BCUT2D eigenvalue weighted by Gasteiger charge is -2.04. The van der Waals surface area contributed by atoms with Gasteiger partial charge in [0.05, 0.1) is 6.61 Å². The largest absolute Gasteiger partial charge is 0.392 e. The molecule has 0 bridgehead atoms. The molecular formula is C11H10N2OS. The number of aliphatic hydroxyl groups is 1. The number of hydrogen-bond donors (Lipinski definition) is 1. The predicted octanol–water partition coefficient (Wildman–Crippen LogP) is 2.12. The summed E-state index contributed by atoms with van der Waals surface area (Å²) in [5.74, 6) is 0. The van der Waals surface area contributed by atoms with Gasteiger partial charge in [-0.1, -0.05) is 30.0 Å². The number of aliphatic hydroxyl groups excluding tert-OH is 1. The zero-order valence-electron chi connectivity index (χ0n) is 8.00. The maximum Gasteiger partial charge on any atom is 0.116 e. The minimum absolute atomic E-state index is 0.0499. The average Bonchev–Trinajstić information content (AvgIpc) is 2.31. The van der Waals surface area contributed by atoms with Gasteiger partial charge >= 0.3 is 0 Å². The number of rotatable bonds is 3. The van der Waals surface area contributed by atoms with Crippen LogP contribution in [0.4, 0.5) is 0 Å². The molecule has 0 aliphatic carbocycles. The molecule has 0 saturated heterocycles. The number of hydrogen-bond acceptors (Lipinski definition) is 4. The van der Waals surface area contributed by atoms with Gasteiger partial charge in [-0.05, 0) is 17.7 Å². The van der Waals surface area contributed by atoms with Crippen LogP contribution in [0.25, 0.3) is 0 Å². The predicted molar refractivity (Wildman–Crippen MR) is 58.5 cm³/mol. The Kier molecular flexibility index (Phi) is 3.32. The molecule has 1 heterocycles. The SMILES string of the molecule is OCc1ccccc1Sc1ccncn1. The Labute approximate surface area is 92.2 Å². The van der Waals surface area contributed by atoms with Gasteiger partial charge in [-0.25, -0.2) is 9.97 Å². The maximum absolute atomic E-state index is 9.15. The standard InChI is InChI=1S/C11H10N2OS/c14-7-9-3-1-2-4-10(9)15-11-5-6-12-8-13-11/h1-6,8,14H,7H2. The summed E-state index contributed by atoms with van der Waals surface area (Å²) >= 11 is 1.53. The maximum atomic E-state index is 9.15. The fraction of sp³-hybridized carbons (Fsp3) is 0.0909. The lowest BCUT2D eigenvalue weighted by molar-refractivity contribution is 0.279. The second-order valence-electron chi connectivity index (χ2n) is 2.92. The fourth-order valence-electron chi connectivity index (χ4n) is 1.19. The number of nitrogens with zero attached hydrogens (tertiary/aromatic N) is 2. The van der Waals surface area contributed by atoms with Crippen LogP contribution in [0.1, 0.15) is 5.56 Å². The molecule has 2 rings (SSSR count). The van der Waals surface area contributed by atoms with Crippen LogP contribution in [0.5, 0.6) is 0 Å². The van der Waals surface area contributed by atoms with Crippen LogP contribution in [0.15, 0.2) is 52.8 Å². The molecule has 0 aliphatic rings. The molecular weight excluding hydrogens is 208 g/mol. The monoisotopic (exact) mass is 218 g/mol. The summed E-state index contributed by atoms with van der Waals surface area (Å²) in [6.45, 7) is 0.0499.